The number of morpholine rings is 1. The van der Waals surface area contributed by atoms with Crippen LogP contribution in [0.25, 0.3) is 0 Å². The average Bonchev–Trinajstić information content (AvgIpc) is 2.58. The van der Waals surface area contributed by atoms with Crippen molar-refractivity contribution in [3.8, 4) is 0 Å². The smallest absolute Gasteiger partial charge is 0.193 e. The number of guanidine groups is 1. The van der Waals surface area contributed by atoms with Gasteiger partial charge in [-0.15, -0.1) is 0 Å². The summed E-state index contributed by atoms with van der Waals surface area (Å²) >= 11 is 0. The van der Waals surface area contributed by atoms with Gasteiger partial charge in [-0.05, 0) is 47.0 Å². The quantitative estimate of drug-likeness (QED) is 0.430. The Morgan fingerprint density at radius 2 is 1.84 bits per heavy atom. The summed E-state index contributed by atoms with van der Waals surface area (Å²) in [5.41, 5.74) is 0. The lowest BCUT2D eigenvalue weighted by Gasteiger charge is -2.35. The minimum absolute atomic E-state index is 0.344. The normalized spacial score (nSPS) is 26.9. The molecule has 0 aliphatic carbocycles. The van der Waals surface area contributed by atoms with Crippen LogP contribution in [-0.4, -0.2) is 86.5 Å². The largest absolute Gasteiger partial charge is 0.378 e. The maximum absolute atomic E-state index is 5.80. The number of ether oxygens (including phenoxy) is 2. The van der Waals surface area contributed by atoms with E-state index >= 15 is 0 Å². The SMILES string of the molecule is CCNC(=NCCCN1CC(C)OC(C)C1)N1CCC(OCC)CC1. The fraction of sp³-hybridized carbons (Fsp3) is 0.947. The van der Waals surface area contributed by atoms with Crippen molar-refractivity contribution in [3.63, 3.8) is 0 Å². The van der Waals surface area contributed by atoms with Crippen molar-refractivity contribution in [2.45, 2.75) is 65.3 Å². The van der Waals surface area contributed by atoms with E-state index < -0.39 is 0 Å². The molecule has 0 spiro atoms. The van der Waals surface area contributed by atoms with E-state index in [2.05, 4.69) is 42.8 Å². The summed E-state index contributed by atoms with van der Waals surface area (Å²) in [4.78, 5) is 9.76. The minimum atomic E-state index is 0.344. The van der Waals surface area contributed by atoms with Crippen LogP contribution < -0.4 is 5.32 Å². The summed E-state index contributed by atoms with van der Waals surface area (Å²) in [5.74, 6) is 1.07. The summed E-state index contributed by atoms with van der Waals surface area (Å²) in [6, 6.07) is 0. The summed E-state index contributed by atoms with van der Waals surface area (Å²) in [5, 5.41) is 3.45. The lowest BCUT2D eigenvalue weighted by atomic mass is 10.1. The Balaban J connectivity index is 1.74. The van der Waals surface area contributed by atoms with Crippen molar-refractivity contribution < 1.29 is 9.47 Å². The van der Waals surface area contributed by atoms with E-state index in [0.717, 1.165) is 77.6 Å². The molecule has 0 saturated carbocycles. The predicted octanol–water partition coefficient (Wildman–Crippen LogP) is 1.95. The molecule has 0 aromatic carbocycles. The molecule has 6 nitrogen and oxygen atoms in total. The maximum Gasteiger partial charge on any atom is 0.193 e. The van der Waals surface area contributed by atoms with Gasteiger partial charge in [0.15, 0.2) is 5.96 Å². The molecule has 2 saturated heterocycles. The fourth-order valence-electron chi connectivity index (χ4n) is 3.84. The Morgan fingerprint density at radius 1 is 1.16 bits per heavy atom. The molecule has 2 aliphatic rings. The van der Waals surface area contributed by atoms with Crippen LogP contribution in [-0.2, 0) is 9.47 Å². The topological polar surface area (TPSA) is 49.3 Å². The van der Waals surface area contributed by atoms with Crippen molar-refractivity contribution in [2.24, 2.45) is 4.99 Å². The lowest BCUT2D eigenvalue weighted by Crippen LogP contribution is -2.47. The van der Waals surface area contributed by atoms with Gasteiger partial charge in [-0.1, -0.05) is 0 Å². The zero-order valence-electron chi connectivity index (χ0n) is 16.7. The maximum atomic E-state index is 5.80. The van der Waals surface area contributed by atoms with E-state index in [1.54, 1.807) is 0 Å². The van der Waals surface area contributed by atoms with Gasteiger partial charge in [0.1, 0.15) is 0 Å². The molecule has 2 heterocycles. The monoisotopic (exact) mass is 354 g/mol. The number of nitrogens with zero attached hydrogens (tertiary/aromatic N) is 3. The average molecular weight is 355 g/mol. The highest BCUT2D eigenvalue weighted by Crippen LogP contribution is 2.14. The number of nitrogens with one attached hydrogen (secondary N) is 1. The van der Waals surface area contributed by atoms with E-state index in [-0.39, 0.29) is 0 Å². The molecule has 1 N–H and O–H groups in total. The summed E-state index contributed by atoms with van der Waals surface area (Å²) < 4.78 is 11.6. The highest BCUT2D eigenvalue weighted by molar-refractivity contribution is 5.80. The Bertz CT molecular complexity index is 387. The number of piperidine rings is 1. The van der Waals surface area contributed by atoms with E-state index in [1.807, 2.05) is 0 Å². The highest BCUT2D eigenvalue weighted by Gasteiger charge is 2.22. The van der Waals surface area contributed by atoms with E-state index in [9.17, 15) is 0 Å². The number of aliphatic imine (C=N–C) groups is 1. The van der Waals surface area contributed by atoms with Crippen molar-refractivity contribution in [1.82, 2.24) is 15.1 Å². The first-order valence-electron chi connectivity index (χ1n) is 10.1. The molecular formula is C19H38N4O2. The number of rotatable bonds is 7. The molecule has 146 valence electrons. The third-order valence-electron chi connectivity index (χ3n) is 4.87. The van der Waals surface area contributed by atoms with Gasteiger partial charge in [-0.3, -0.25) is 9.89 Å². The summed E-state index contributed by atoms with van der Waals surface area (Å²) in [6.07, 6.45) is 4.41. The molecule has 2 aliphatic heterocycles. The van der Waals surface area contributed by atoms with Crippen LogP contribution >= 0.6 is 0 Å². The molecule has 2 fully saturated rings. The fourth-order valence-corrected chi connectivity index (χ4v) is 3.84. The molecule has 0 aromatic rings. The second-order valence-corrected chi connectivity index (χ2v) is 7.25. The van der Waals surface area contributed by atoms with Crippen LogP contribution in [0.15, 0.2) is 4.99 Å². The number of hydrogen-bond acceptors (Lipinski definition) is 4. The predicted molar refractivity (Wildman–Crippen MR) is 103 cm³/mol. The zero-order chi connectivity index (χ0) is 18.1. The summed E-state index contributed by atoms with van der Waals surface area (Å²) in [6.45, 7) is 16.4. The van der Waals surface area contributed by atoms with Gasteiger partial charge in [0.25, 0.3) is 0 Å². The van der Waals surface area contributed by atoms with Crippen LogP contribution in [0.5, 0.6) is 0 Å². The molecule has 6 heteroatoms. The highest BCUT2D eigenvalue weighted by atomic mass is 16.5. The first kappa shape index (κ1) is 20.5. The first-order valence-corrected chi connectivity index (χ1v) is 10.1. The van der Waals surface area contributed by atoms with Gasteiger partial charge < -0.3 is 19.7 Å². The second-order valence-electron chi connectivity index (χ2n) is 7.25. The molecule has 0 aromatic heterocycles. The Kier molecular flexibility index (Phi) is 8.99. The Labute approximate surface area is 153 Å². The molecular weight excluding hydrogens is 316 g/mol. The molecule has 0 amide bonds. The van der Waals surface area contributed by atoms with Crippen LogP contribution in [0, 0.1) is 0 Å². The summed E-state index contributed by atoms with van der Waals surface area (Å²) in [7, 11) is 0. The number of likely N-dealkylation sites (tertiary alicyclic amines) is 1. The van der Waals surface area contributed by atoms with Crippen molar-refractivity contribution in [2.75, 3.05) is 52.4 Å². The van der Waals surface area contributed by atoms with E-state index in [1.165, 1.54) is 0 Å². The molecule has 0 radical (unpaired) electrons. The molecule has 25 heavy (non-hydrogen) atoms. The third kappa shape index (κ3) is 7.12. The van der Waals surface area contributed by atoms with E-state index in [4.69, 9.17) is 14.5 Å². The lowest BCUT2D eigenvalue weighted by molar-refractivity contribution is -0.0679. The van der Waals surface area contributed by atoms with Crippen molar-refractivity contribution >= 4 is 5.96 Å². The van der Waals surface area contributed by atoms with Crippen LogP contribution in [0.4, 0.5) is 0 Å². The minimum Gasteiger partial charge on any atom is -0.378 e. The third-order valence-corrected chi connectivity index (χ3v) is 4.87. The second kappa shape index (κ2) is 11.0. The van der Waals surface area contributed by atoms with Crippen molar-refractivity contribution in [1.29, 1.82) is 0 Å². The molecule has 2 atom stereocenters. The Morgan fingerprint density at radius 3 is 2.44 bits per heavy atom. The molecule has 2 rings (SSSR count). The van der Waals surface area contributed by atoms with Crippen LogP contribution in [0.1, 0.15) is 47.0 Å². The van der Waals surface area contributed by atoms with Gasteiger partial charge in [-0.2, -0.15) is 0 Å². The van der Waals surface area contributed by atoms with Gasteiger partial charge >= 0.3 is 0 Å². The van der Waals surface area contributed by atoms with Crippen LogP contribution in [0.3, 0.4) is 0 Å². The van der Waals surface area contributed by atoms with E-state index in [0.29, 0.717) is 18.3 Å². The number of hydrogen-bond donors (Lipinski definition) is 1. The zero-order valence-corrected chi connectivity index (χ0v) is 16.7. The van der Waals surface area contributed by atoms with Gasteiger partial charge in [-0.25, -0.2) is 0 Å². The Hall–Kier alpha value is -0.850. The van der Waals surface area contributed by atoms with Crippen LogP contribution in [0.2, 0.25) is 0 Å². The molecule has 2 unspecified atom stereocenters. The van der Waals surface area contributed by atoms with Crippen molar-refractivity contribution in [3.05, 3.63) is 0 Å². The van der Waals surface area contributed by atoms with Gasteiger partial charge in [0.2, 0.25) is 0 Å². The first-order chi connectivity index (χ1) is 12.1. The molecule has 0 bridgehead atoms. The van der Waals surface area contributed by atoms with Gasteiger partial charge in [0.05, 0.1) is 18.3 Å². The standard InChI is InChI=1S/C19H38N4O2/c1-5-20-19(23-12-8-18(9-13-23)24-6-2)21-10-7-11-22-14-16(3)25-17(4)15-22/h16-18H,5-15H2,1-4H3,(H,20,21). The van der Waals surface area contributed by atoms with Gasteiger partial charge in [0, 0.05) is 52.4 Å².